The summed E-state index contributed by atoms with van der Waals surface area (Å²) in [6.07, 6.45) is 4.92. The van der Waals surface area contributed by atoms with E-state index >= 15 is 0 Å². The summed E-state index contributed by atoms with van der Waals surface area (Å²) >= 11 is 0. The van der Waals surface area contributed by atoms with Crippen LogP contribution in [0.25, 0.3) is 0 Å². The van der Waals surface area contributed by atoms with Gasteiger partial charge in [0.15, 0.2) is 7.29 Å². The minimum atomic E-state index is -2.16. The maximum absolute atomic E-state index is 12.8. The van der Waals surface area contributed by atoms with Crippen molar-refractivity contribution < 1.29 is 4.57 Å². The van der Waals surface area contributed by atoms with Gasteiger partial charge in [0.1, 0.15) is 0 Å². The fourth-order valence-corrected chi connectivity index (χ4v) is 5.71. The Hall–Kier alpha value is -0.0700. The third-order valence-corrected chi connectivity index (χ3v) is 6.75. The molecule has 82 valence electrons. The molecule has 0 amide bonds. The van der Waals surface area contributed by atoms with Crippen molar-refractivity contribution in [2.75, 3.05) is 6.16 Å². The van der Waals surface area contributed by atoms with Crippen molar-refractivity contribution in [2.45, 2.75) is 52.4 Å². The Morgan fingerprint density at radius 2 is 1.79 bits per heavy atom. The second-order valence-corrected chi connectivity index (χ2v) is 7.83. The van der Waals surface area contributed by atoms with Gasteiger partial charge in [-0.25, -0.2) is 4.67 Å². The second-order valence-electron chi connectivity index (χ2n) is 4.67. The standard InChI is InChI=1S/C11H22NOP/c1-9(2)12(10(3)4)14(13)8-6-7-11(14)5/h6-7,9-11H,8H2,1-5H3/t11-,14+/m1/s1. The summed E-state index contributed by atoms with van der Waals surface area (Å²) in [5.41, 5.74) is 0.229. The van der Waals surface area contributed by atoms with Gasteiger partial charge in [-0.1, -0.05) is 19.1 Å². The van der Waals surface area contributed by atoms with Crippen molar-refractivity contribution in [2.24, 2.45) is 0 Å². The lowest BCUT2D eigenvalue weighted by Crippen LogP contribution is -2.36. The first kappa shape index (κ1) is 12.0. The van der Waals surface area contributed by atoms with Crippen LogP contribution in [0.15, 0.2) is 12.2 Å². The molecular formula is C11H22NOP. The Balaban J connectivity index is 2.94. The Morgan fingerprint density at radius 1 is 1.29 bits per heavy atom. The predicted octanol–water partition coefficient (Wildman–Crippen LogP) is 3.34. The van der Waals surface area contributed by atoms with Crippen molar-refractivity contribution in [3.8, 4) is 0 Å². The van der Waals surface area contributed by atoms with Gasteiger partial charge in [0.25, 0.3) is 0 Å². The van der Waals surface area contributed by atoms with Crippen LogP contribution in [0.3, 0.4) is 0 Å². The average molecular weight is 215 g/mol. The number of allylic oxidation sites excluding steroid dienone is 2. The molecule has 0 fully saturated rings. The molecule has 0 saturated carbocycles. The van der Waals surface area contributed by atoms with Crippen molar-refractivity contribution in [1.29, 1.82) is 0 Å². The molecule has 0 aromatic carbocycles. The minimum Gasteiger partial charge on any atom is -0.306 e. The maximum Gasteiger partial charge on any atom is 0.160 e. The Labute approximate surface area is 87.8 Å². The van der Waals surface area contributed by atoms with Crippen LogP contribution in [-0.2, 0) is 4.57 Å². The van der Waals surface area contributed by atoms with Gasteiger partial charge in [0, 0.05) is 23.9 Å². The van der Waals surface area contributed by atoms with Crippen molar-refractivity contribution in [1.82, 2.24) is 4.67 Å². The first-order valence-electron chi connectivity index (χ1n) is 5.44. The second kappa shape index (κ2) is 4.20. The summed E-state index contributed by atoms with van der Waals surface area (Å²) in [4.78, 5) is 0. The van der Waals surface area contributed by atoms with E-state index in [1.807, 2.05) is 0 Å². The SMILES string of the molecule is CC(C)N(C(C)C)[P@]1(=O)CC=C[C@H]1C. The van der Waals surface area contributed by atoms with Gasteiger partial charge in [-0.3, -0.25) is 0 Å². The predicted molar refractivity (Wildman–Crippen MR) is 63.2 cm³/mol. The maximum atomic E-state index is 12.8. The first-order valence-corrected chi connectivity index (χ1v) is 7.35. The molecule has 1 rings (SSSR count). The van der Waals surface area contributed by atoms with Crippen molar-refractivity contribution >= 4 is 7.29 Å². The molecular weight excluding hydrogens is 193 g/mol. The zero-order valence-corrected chi connectivity index (χ0v) is 10.8. The largest absolute Gasteiger partial charge is 0.306 e. The van der Waals surface area contributed by atoms with E-state index in [9.17, 15) is 4.57 Å². The smallest absolute Gasteiger partial charge is 0.160 e. The summed E-state index contributed by atoms with van der Waals surface area (Å²) in [5, 5.41) is 0. The minimum absolute atomic E-state index is 0.229. The zero-order chi connectivity index (χ0) is 10.9. The molecule has 2 nitrogen and oxygen atoms in total. The third kappa shape index (κ3) is 1.97. The van der Waals surface area contributed by atoms with E-state index in [2.05, 4.69) is 51.4 Å². The third-order valence-electron chi connectivity index (χ3n) is 2.87. The van der Waals surface area contributed by atoms with Gasteiger partial charge >= 0.3 is 0 Å². The molecule has 0 spiro atoms. The lowest BCUT2D eigenvalue weighted by molar-refractivity contribution is 0.299. The van der Waals surface area contributed by atoms with Gasteiger partial charge < -0.3 is 4.57 Å². The van der Waals surface area contributed by atoms with Crippen LogP contribution in [0.4, 0.5) is 0 Å². The highest BCUT2D eigenvalue weighted by Gasteiger charge is 2.39. The molecule has 3 heteroatoms. The highest BCUT2D eigenvalue weighted by Crippen LogP contribution is 2.59. The highest BCUT2D eigenvalue weighted by atomic mass is 31.2. The van der Waals surface area contributed by atoms with Crippen LogP contribution in [0.2, 0.25) is 0 Å². The normalized spacial score (nSPS) is 32.4. The monoisotopic (exact) mass is 215 g/mol. The summed E-state index contributed by atoms with van der Waals surface area (Å²) in [5.74, 6) is 0. The van der Waals surface area contributed by atoms with Gasteiger partial charge in [-0.15, -0.1) is 0 Å². The molecule has 1 aliphatic heterocycles. The number of hydrogen-bond donors (Lipinski definition) is 0. The molecule has 0 bridgehead atoms. The molecule has 0 unspecified atom stereocenters. The molecule has 1 heterocycles. The Bertz CT molecular complexity index is 262. The Kier molecular flexibility index (Phi) is 3.60. The summed E-state index contributed by atoms with van der Waals surface area (Å²) in [7, 11) is -2.16. The summed E-state index contributed by atoms with van der Waals surface area (Å²) in [6, 6.07) is 0.728. The van der Waals surface area contributed by atoms with Crippen LogP contribution in [0, 0.1) is 0 Å². The zero-order valence-electron chi connectivity index (χ0n) is 9.90. The van der Waals surface area contributed by atoms with E-state index < -0.39 is 7.29 Å². The van der Waals surface area contributed by atoms with E-state index in [-0.39, 0.29) is 5.66 Å². The first-order chi connectivity index (χ1) is 6.39. The van der Waals surface area contributed by atoms with Gasteiger partial charge in [-0.2, -0.15) is 0 Å². The average Bonchev–Trinajstić information content (AvgIpc) is 2.30. The van der Waals surface area contributed by atoms with Gasteiger partial charge in [0.05, 0.1) is 0 Å². The van der Waals surface area contributed by atoms with Gasteiger partial charge in [0.2, 0.25) is 0 Å². The van der Waals surface area contributed by atoms with E-state index in [4.69, 9.17) is 0 Å². The van der Waals surface area contributed by atoms with Crippen LogP contribution in [0.5, 0.6) is 0 Å². The van der Waals surface area contributed by atoms with Crippen molar-refractivity contribution in [3.63, 3.8) is 0 Å². The molecule has 0 saturated heterocycles. The molecule has 0 aromatic rings. The fourth-order valence-electron chi connectivity index (χ4n) is 2.39. The fraction of sp³-hybridized carbons (Fsp3) is 0.818. The molecule has 2 atom stereocenters. The van der Waals surface area contributed by atoms with E-state index in [1.165, 1.54) is 0 Å². The molecule has 0 aromatic heterocycles. The molecule has 0 radical (unpaired) electrons. The number of hydrogen-bond acceptors (Lipinski definition) is 1. The lowest BCUT2D eigenvalue weighted by atomic mass is 10.3. The summed E-state index contributed by atoms with van der Waals surface area (Å²) in [6.45, 7) is 10.6. The van der Waals surface area contributed by atoms with Crippen LogP contribution < -0.4 is 0 Å². The van der Waals surface area contributed by atoms with Crippen LogP contribution >= 0.6 is 7.29 Å². The topological polar surface area (TPSA) is 20.3 Å². The quantitative estimate of drug-likeness (QED) is 0.531. The van der Waals surface area contributed by atoms with E-state index in [0.29, 0.717) is 12.1 Å². The molecule has 1 aliphatic rings. The Morgan fingerprint density at radius 3 is 2.07 bits per heavy atom. The lowest BCUT2D eigenvalue weighted by Gasteiger charge is -2.38. The van der Waals surface area contributed by atoms with Crippen molar-refractivity contribution in [3.05, 3.63) is 12.2 Å². The summed E-state index contributed by atoms with van der Waals surface area (Å²) < 4.78 is 15.0. The number of nitrogens with zero attached hydrogens (tertiary/aromatic N) is 1. The van der Waals surface area contributed by atoms with Crippen LogP contribution in [0.1, 0.15) is 34.6 Å². The molecule has 14 heavy (non-hydrogen) atoms. The van der Waals surface area contributed by atoms with E-state index in [0.717, 1.165) is 6.16 Å². The van der Waals surface area contributed by atoms with E-state index in [1.54, 1.807) is 0 Å². The number of rotatable bonds is 3. The van der Waals surface area contributed by atoms with Gasteiger partial charge in [-0.05, 0) is 27.7 Å². The molecule has 0 aliphatic carbocycles. The van der Waals surface area contributed by atoms with Crippen LogP contribution in [-0.4, -0.2) is 28.6 Å². The molecule has 0 N–H and O–H groups in total. The highest BCUT2D eigenvalue weighted by molar-refractivity contribution is 7.63.